The fraction of sp³-hybridized carbons (Fsp3) is 0.115. The van der Waals surface area contributed by atoms with E-state index in [0.717, 1.165) is 84.7 Å². The van der Waals surface area contributed by atoms with Crippen molar-refractivity contribution in [1.29, 1.82) is 0 Å². The van der Waals surface area contributed by atoms with Crippen molar-refractivity contribution < 1.29 is 42.1 Å². The number of hydrogen-bond acceptors (Lipinski definition) is 6. The third kappa shape index (κ3) is 11.1. The predicted octanol–water partition coefficient (Wildman–Crippen LogP) is 25.8. The maximum absolute atomic E-state index is 4.65. The summed E-state index contributed by atoms with van der Waals surface area (Å²) in [6.45, 7) is 19.2. The van der Waals surface area contributed by atoms with Gasteiger partial charge in [0.1, 0.15) is 0 Å². The zero-order valence-corrected chi connectivity index (χ0v) is 68.8. The molecular weight excluding hydrogens is 1750 g/mol. The minimum absolute atomic E-state index is 0. The molecule has 0 unspecified atom stereocenters. The molecule has 0 atom stereocenters. The van der Waals surface area contributed by atoms with Crippen molar-refractivity contribution in [3.8, 4) is 78.7 Å². The van der Waals surface area contributed by atoms with Crippen molar-refractivity contribution >= 4 is 77.7 Å². The van der Waals surface area contributed by atoms with Gasteiger partial charge in [-0.2, -0.15) is 0 Å². The Bertz CT molecular complexity index is 6530. The molecule has 114 heavy (non-hydrogen) atoms. The molecule has 10 heterocycles. The van der Waals surface area contributed by atoms with E-state index in [1.807, 2.05) is 97.6 Å². The summed E-state index contributed by atoms with van der Waals surface area (Å²) in [4.78, 5) is 23.0. The molecule has 0 aliphatic carbocycles. The Hall–Kier alpha value is -12.2. The van der Waals surface area contributed by atoms with E-state index in [9.17, 15) is 0 Å². The number of anilines is 6. The number of fused-ring (bicyclic) bond motifs is 2. The van der Waals surface area contributed by atoms with Gasteiger partial charge >= 0.3 is 42.1 Å². The van der Waals surface area contributed by atoms with Crippen LogP contribution in [0.3, 0.4) is 0 Å². The van der Waals surface area contributed by atoms with Crippen LogP contribution in [0.25, 0.3) is 122 Å². The van der Waals surface area contributed by atoms with Crippen LogP contribution in [0.4, 0.5) is 34.1 Å². The van der Waals surface area contributed by atoms with Crippen LogP contribution in [-0.4, -0.2) is 29.1 Å². The van der Waals surface area contributed by atoms with Gasteiger partial charge in [-0.1, -0.05) is 201 Å². The fourth-order valence-corrected chi connectivity index (χ4v) is 18.7. The molecule has 4 aliphatic rings. The second-order valence-corrected chi connectivity index (χ2v) is 32.2. The van der Waals surface area contributed by atoms with E-state index in [4.69, 9.17) is 0 Å². The zero-order valence-electron chi connectivity index (χ0n) is 64.2. The standard InChI is InChI=1S/2C52H38N4.2Pt/c1-51(2)42-22-12-20-40-41-21-13-23-43-49(41)56(48(40)42)50-44(51)31-36(32-45(50)52(43,3)4)33-14-9-17-37(28-33)55(38-18-10-15-34(29-38)46-24-5-7-26-53-46)39-19-11-16-35(30-39)47-25-6-8-27-54-47;1-51(2)42-19-11-17-40-41-18-12-20-43-49(41)56(48(40)42)50-44(51)31-36(32-45(50)52(43,3)4)33-23-25-37(26-24-33)55(38-15-9-13-34(29-38)46-21-5-7-27-53-46)39-16-10-14-35(30-39)47-22-6-8-28-54-47;;/h2*5-28,31-32H,1-4H3;;/q2*-2;2*+2. The molecule has 10 heteroatoms. The van der Waals surface area contributed by atoms with Crippen molar-refractivity contribution in [3.63, 3.8) is 0 Å². The number of benzene rings is 12. The Labute approximate surface area is 693 Å². The topological polar surface area (TPSA) is 67.9 Å². The molecule has 18 aromatic rings. The van der Waals surface area contributed by atoms with Crippen molar-refractivity contribution in [1.82, 2.24) is 29.1 Å². The van der Waals surface area contributed by atoms with E-state index in [1.165, 1.54) is 116 Å². The Morgan fingerprint density at radius 1 is 0.246 bits per heavy atom. The van der Waals surface area contributed by atoms with Gasteiger partial charge in [0.25, 0.3) is 0 Å². The van der Waals surface area contributed by atoms with Crippen LogP contribution in [0.2, 0.25) is 0 Å². The van der Waals surface area contributed by atoms with Crippen LogP contribution in [0.15, 0.2) is 316 Å². The van der Waals surface area contributed by atoms with Crippen LogP contribution in [0.5, 0.6) is 0 Å². The van der Waals surface area contributed by atoms with Crippen molar-refractivity contribution in [2.75, 3.05) is 9.80 Å². The van der Waals surface area contributed by atoms with Gasteiger partial charge in [-0.05, 0) is 185 Å². The molecule has 22 rings (SSSR count). The molecule has 8 nitrogen and oxygen atoms in total. The minimum atomic E-state index is -0.205. The molecule has 0 fully saturated rings. The molecule has 0 radical (unpaired) electrons. The van der Waals surface area contributed by atoms with Gasteiger partial charge in [-0.25, -0.2) is 0 Å². The molecule has 552 valence electrons. The number of para-hydroxylation sites is 4. The summed E-state index contributed by atoms with van der Waals surface area (Å²) in [7, 11) is 0. The van der Waals surface area contributed by atoms with E-state index < -0.39 is 0 Å². The Kier molecular flexibility index (Phi) is 17.3. The molecule has 0 amide bonds. The quantitative estimate of drug-likeness (QED) is 0.114. The van der Waals surface area contributed by atoms with Gasteiger partial charge in [0.05, 0.1) is 33.4 Å². The molecule has 0 saturated heterocycles. The normalized spacial score (nSPS) is 14.1. The predicted molar refractivity (Wildman–Crippen MR) is 459 cm³/mol. The molecule has 0 bridgehead atoms. The van der Waals surface area contributed by atoms with E-state index in [0.29, 0.717) is 0 Å². The van der Waals surface area contributed by atoms with Crippen LogP contribution in [0, 0.1) is 24.3 Å². The van der Waals surface area contributed by atoms with Gasteiger partial charge < -0.3 is 38.9 Å². The summed E-state index contributed by atoms with van der Waals surface area (Å²) in [6, 6.07) is 119. The van der Waals surface area contributed by atoms with Gasteiger partial charge in [0.15, 0.2) is 0 Å². The summed E-state index contributed by atoms with van der Waals surface area (Å²) in [5.41, 5.74) is 35.9. The Balaban J connectivity index is 0.000000150. The smallest absolute Gasteiger partial charge is 0.346 e. The molecule has 6 aromatic heterocycles. The molecule has 0 saturated carbocycles. The summed E-state index contributed by atoms with van der Waals surface area (Å²) >= 11 is 0. The third-order valence-electron chi connectivity index (χ3n) is 24.4. The van der Waals surface area contributed by atoms with Crippen LogP contribution in [0.1, 0.15) is 99.9 Å². The SMILES string of the molecule is CC1(C)c2cc(-c3ccc(N(c4[c-]c(-c5ccccn5)ccc4)c4[c-]c(-c5ccccn5)ccc4)cc3)cc3c2-n2c4c1cccc4c1cccc(c12)C3(C)C.CC1(C)c2cc(-c3cccc(N(c4[c-]c(-c5ccccn5)ccc4)c4[c-]c(-c5ccccn5)ccc4)c3)cc3c2-n2c4c1cccc4c1cccc(c12)C3(C)C.[Pt+2].[Pt+2]. The number of aromatic nitrogens is 6. The van der Waals surface area contributed by atoms with E-state index >= 15 is 0 Å². The van der Waals surface area contributed by atoms with Crippen molar-refractivity contribution in [3.05, 3.63) is 385 Å². The third-order valence-corrected chi connectivity index (χ3v) is 24.4. The van der Waals surface area contributed by atoms with E-state index in [1.54, 1.807) is 0 Å². The van der Waals surface area contributed by atoms with Gasteiger partial charge in [0.2, 0.25) is 0 Å². The summed E-state index contributed by atoms with van der Waals surface area (Å²) < 4.78 is 5.18. The number of nitrogens with zero attached hydrogens (tertiary/aromatic N) is 8. The van der Waals surface area contributed by atoms with Gasteiger partial charge in [-0.15, -0.1) is 119 Å². The average molecular weight is 1830 g/mol. The first-order valence-electron chi connectivity index (χ1n) is 38.7. The molecular formula is C104H76N8Pt2. The summed E-state index contributed by atoms with van der Waals surface area (Å²) in [6.07, 6.45) is 7.30. The summed E-state index contributed by atoms with van der Waals surface area (Å²) in [5.74, 6) is 0. The first-order chi connectivity index (χ1) is 54.6. The number of rotatable bonds is 12. The number of pyridine rings is 4. The summed E-state index contributed by atoms with van der Waals surface area (Å²) in [5, 5.41) is 5.37. The fourth-order valence-electron chi connectivity index (χ4n) is 18.7. The van der Waals surface area contributed by atoms with Crippen LogP contribution < -0.4 is 9.80 Å². The van der Waals surface area contributed by atoms with E-state index in [2.05, 4.69) is 337 Å². The van der Waals surface area contributed by atoms with Crippen LogP contribution >= 0.6 is 0 Å². The first-order valence-corrected chi connectivity index (χ1v) is 38.7. The van der Waals surface area contributed by atoms with Crippen LogP contribution in [-0.2, 0) is 63.8 Å². The first kappa shape index (κ1) is 72.1. The van der Waals surface area contributed by atoms with E-state index in [-0.39, 0.29) is 63.8 Å². The maximum Gasteiger partial charge on any atom is 2.00 e. The zero-order chi connectivity index (χ0) is 75.5. The van der Waals surface area contributed by atoms with Gasteiger partial charge in [0, 0.05) is 79.4 Å². The molecule has 12 aromatic carbocycles. The monoisotopic (exact) mass is 1830 g/mol. The second-order valence-electron chi connectivity index (χ2n) is 32.2. The largest absolute Gasteiger partial charge is 2.00 e. The Morgan fingerprint density at radius 3 is 0.842 bits per heavy atom. The molecule has 4 aliphatic heterocycles. The van der Waals surface area contributed by atoms with Crippen molar-refractivity contribution in [2.45, 2.75) is 77.0 Å². The average Bonchev–Trinajstić information content (AvgIpc) is 1.48. The molecule has 0 spiro atoms. The minimum Gasteiger partial charge on any atom is -0.346 e. The van der Waals surface area contributed by atoms with Gasteiger partial charge in [-0.3, -0.25) is 0 Å². The van der Waals surface area contributed by atoms with Crippen molar-refractivity contribution in [2.24, 2.45) is 0 Å². The molecule has 0 N–H and O–H groups in total. The second kappa shape index (κ2) is 27.3. The Morgan fingerprint density at radius 2 is 0.535 bits per heavy atom. The maximum atomic E-state index is 4.65. The number of hydrogen-bond donors (Lipinski definition) is 0.